The molecule has 5 rings (SSSR count). The number of nitrogens with one attached hydrogen (secondary N) is 1. The van der Waals surface area contributed by atoms with Crippen LogP contribution in [-0.4, -0.2) is 28.7 Å². The van der Waals surface area contributed by atoms with Crippen LogP contribution in [0, 0.1) is 29.5 Å². The molecule has 1 aliphatic heterocycles. The molecule has 30 heavy (non-hydrogen) atoms. The summed E-state index contributed by atoms with van der Waals surface area (Å²) < 4.78 is 13.2. The molecule has 2 aromatic rings. The van der Waals surface area contributed by atoms with Crippen molar-refractivity contribution in [3.8, 4) is 0 Å². The number of rotatable bonds is 5. The fraction of sp³-hybridized carbons (Fsp3) is 0.375. The van der Waals surface area contributed by atoms with Crippen LogP contribution in [0.25, 0.3) is 0 Å². The molecule has 1 saturated heterocycles. The zero-order chi connectivity index (χ0) is 20.8. The van der Waals surface area contributed by atoms with Crippen molar-refractivity contribution < 1.29 is 18.8 Å². The summed E-state index contributed by atoms with van der Waals surface area (Å²) in [5.41, 5.74) is 1.30. The third-order valence-electron chi connectivity index (χ3n) is 6.96. The van der Waals surface area contributed by atoms with Crippen LogP contribution in [0.1, 0.15) is 24.8 Å². The van der Waals surface area contributed by atoms with Crippen LogP contribution in [0.4, 0.5) is 10.1 Å². The Morgan fingerprint density at radius 1 is 0.967 bits per heavy atom. The smallest absolute Gasteiger partial charge is 0.248 e. The summed E-state index contributed by atoms with van der Waals surface area (Å²) in [5, 5.41) is 2.76. The van der Waals surface area contributed by atoms with Crippen molar-refractivity contribution in [1.29, 1.82) is 0 Å². The lowest BCUT2D eigenvalue weighted by Gasteiger charge is -2.27. The average molecular weight is 406 g/mol. The number of hydrogen-bond donors (Lipinski definition) is 1. The van der Waals surface area contributed by atoms with Gasteiger partial charge in [-0.25, -0.2) is 4.39 Å². The normalized spacial score (nSPS) is 28.0. The van der Waals surface area contributed by atoms with Gasteiger partial charge >= 0.3 is 0 Å². The van der Waals surface area contributed by atoms with Crippen LogP contribution in [-0.2, 0) is 20.8 Å². The van der Waals surface area contributed by atoms with Crippen LogP contribution in [0.15, 0.2) is 54.6 Å². The van der Waals surface area contributed by atoms with Crippen molar-refractivity contribution >= 4 is 23.4 Å². The monoisotopic (exact) mass is 406 g/mol. The third kappa shape index (κ3) is 3.11. The summed E-state index contributed by atoms with van der Waals surface area (Å²) >= 11 is 0. The van der Waals surface area contributed by atoms with Crippen molar-refractivity contribution in [3.63, 3.8) is 0 Å². The molecule has 0 unspecified atom stereocenters. The Morgan fingerprint density at radius 3 is 2.17 bits per heavy atom. The maximum Gasteiger partial charge on any atom is 0.248 e. The first kappa shape index (κ1) is 19.0. The van der Waals surface area contributed by atoms with Crippen LogP contribution < -0.4 is 5.32 Å². The maximum absolute atomic E-state index is 13.3. The Balaban J connectivity index is 1.45. The number of imide groups is 1. The topological polar surface area (TPSA) is 66.5 Å². The van der Waals surface area contributed by atoms with E-state index in [1.807, 2.05) is 30.3 Å². The number of likely N-dealkylation sites (tertiary alicyclic amines) is 1. The van der Waals surface area contributed by atoms with Gasteiger partial charge in [-0.05, 0) is 60.9 Å². The molecule has 5 atom stereocenters. The minimum Gasteiger partial charge on any atom is -0.324 e. The van der Waals surface area contributed by atoms with E-state index in [0.29, 0.717) is 5.69 Å². The second-order valence-electron chi connectivity index (χ2n) is 8.63. The van der Waals surface area contributed by atoms with Crippen molar-refractivity contribution in [2.75, 3.05) is 5.32 Å². The highest BCUT2D eigenvalue weighted by molar-refractivity contribution is 6.10. The van der Waals surface area contributed by atoms with Gasteiger partial charge in [0.1, 0.15) is 11.9 Å². The van der Waals surface area contributed by atoms with E-state index in [-0.39, 0.29) is 41.9 Å². The Bertz CT molecular complexity index is 963. The van der Waals surface area contributed by atoms with E-state index in [0.717, 1.165) is 24.8 Å². The Morgan fingerprint density at radius 2 is 1.57 bits per heavy atom. The van der Waals surface area contributed by atoms with E-state index in [9.17, 15) is 18.8 Å². The molecule has 3 amide bonds. The number of nitrogens with zero attached hydrogens (tertiary/aromatic N) is 1. The molecular formula is C24H23FN2O3. The molecule has 1 N–H and O–H groups in total. The SMILES string of the molecule is O=C(Nc1ccc(F)cc1)[C@H](Cc1ccccc1)N1C(=O)[C@H]2[C@H]3CC[C@@H](C3)[C@@H]2C1=O. The number of carbonyl (C=O) groups excluding carboxylic acids is 3. The van der Waals surface area contributed by atoms with E-state index in [2.05, 4.69) is 5.32 Å². The van der Waals surface area contributed by atoms with Crippen LogP contribution >= 0.6 is 0 Å². The molecule has 0 radical (unpaired) electrons. The van der Waals surface area contributed by atoms with Gasteiger partial charge in [-0.3, -0.25) is 19.3 Å². The summed E-state index contributed by atoms with van der Waals surface area (Å²) in [7, 11) is 0. The lowest BCUT2D eigenvalue weighted by Crippen LogP contribution is -2.49. The molecule has 0 aromatic heterocycles. The first-order chi connectivity index (χ1) is 14.5. The largest absolute Gasteiger partial charge is 0.324 e. The van der Waals surface area contributed by atoms with Gasteiger partial charge in [-0.2, -0.15) is 0 Å². The van der Waals surface area contributed by atoms with E-state index in [1.165, 1.54) is 29.2 Å². The number of hydrogen-bond acceptors (Lipinski definition) is 3. The second-order valence-corrected chi connectivity index (χ2v) is 8.63. The highest BCUT2D eigenvalue weighted by Gasteiger charge is 2.62. The molecule has 2 aliphatic carbocycles. The number of carbonyl (C=O) groups is 3. The van der Waals surface area contributed by atoms with Crippen LogP contribution in [0.2, 0.25) is 0 Å². The molecule has 1 heterocycles. The Hall–Kier alpha value is -3.02. The minimum absolute atomic E-state index is 0.201. The fourth-order valence-corrected chi connectivity index (χ4v) is 5.64. The summed E-state index contributed by atoms with van der Waals surface area (Å²) in [6, 6.07) is 13.9. The number of benzene rings is 2. The number of anilines is 1. The van der Waals surface area contributed by atoms with Gasteiger partial charge in [0.05, 0.1) is 11.8 Å². The van der Waals surface area contributed by atoms with Gasteiger partial charge in [-0.15, -0.1) is 0 Å². The fourth-order valence-electron chi connectivity index (χ4n) is 5.64. The average Bonchev–Trinajstić information content (AvgIpc) is 3.43. The molecule has 3 aliphatic rings. The Labute approximate surface area is 174 Å². The molecule has 2 aromatic carbocycles. The maximum atomic E-state index is 13.3. The van der Waals surface area contributed by atoms with Gasteiger partial charge in [0.15, 0.2) is 0 Å². The van der Waals surface area contributed by atoms with Gasteiger partial charge in [0, 0.05) is 12.1 Å². The van der Waals surface area contributed by atoms with E-state index >= 15 is 0 Å². The number of halogens is 1. The van der Waals surface area contributed by atoms with E-state index in [1.54, 1.807) is 0 Å². The zero-order valence-electron chi connectivity index (χ0n) is 16.5. The molecule has 3 fully saturated rings. The molecule has 0 spiro atoms. The van der Waals surface area contributed by atoms with Crippen molar-refractivity contribution in [2.24, 2.45) is 23.7 Å². The summed E-state index contributed by atoms with van der Waals surface area (Å²) in [4.78, 5) is 41.0. The van der Waals surface area contributed by atoms with Gasteiger partial charge in [0.25, 0.3) is 0 Å². The lowest BCUT2D eigenvalue weighted by molar-refractivity contribution is -0.147. The quantitative estimate of drug-likeness (QED) is 0.774. The first-order valence-electron chi connectivity index (χ1n) is 10.5. The van der Waals surface area contributed by atoms with Crippen molar-refractivity contribution in [1.82, 2.24) is 4.90 Å². The number of fused-ring (bicyclic) bond motifs is 5. The molecule has 5 nitrogen and oxygen atoms in total. The molecule has 6 heteroatoms. The summed E-state index contributed by atoms with van der Waals surface area (Å²) in [6.45, 7) is 0. The van der Waals surface area contributed by atoms with Gasteiger partial charge in [0.2, 0.25) is 17.7 Å². The third-order valence-corrected chi connectivity index (χ3v) is 6.96. The minimum atomic E-state index is -0.928. The van der Waals surface area contributed by atoms with E-state index < -0.39 is 17.8 Å². The standard InChI is InChI=1S/C24H23FN2O3/c25-17-8-10-18(11-9-17)26-22(28)19(12-14-4-2-1-3-5-14)27-23(29)20-15-6-7-16(13-15)21(20)24(27)30/h1-5,8-11,15-16,19-21H,6-7,12-13H2,(H,26,28)/t15-,16-,19-,20-,21-/m0/s1. The van der Waals surface area contributed by atoms with Crippen molar-refractivity contribution in [2.45, 2.75) is 31.7 Å². The van der Waals surface area contributed by atoms with Crippen LogP contribution in [0.3, 0.4) is 0 Å². The van der Waals surface area contributed by atoms with Crippen LogP contribution in [0.5, 0.6) is 0 Å². The molecule has 2 saturated carbocycles. The second kappa shape index (κ2) is 7.35. The molecular weight excluding hydrogens is 383 g/mol. The first-order valence-corrected chi connectivity index (χ1v) is 10.5. The van der Waals surface area contributed by atoms with Crippen molar-refractivity contribution in [3.05, 3.63) is 66.0 Å². The highest BCUT2D eigenvalue weighted by atomic mass is 19.1. The van der Waals surface area contributed by atoms with Gasteiger partial charge < -0.3 is 5.32 Å². The molecule has 154 valence electrons. The van der Waals surface area contributed by atoms with Gasteiger partial charge in [-0.1, -0.05) is 30.3 Å². The predicted octanol–water partition coefficient (Wildman–Crippen LogP) is 3.41. The predicted molar refractivity (Wildman–Crippen MR) is 109 cm³/mol. The molecule has 2 bridgehead atoms. The number of amides is 3. The summed E-state index contributed by atoms with van der Waals surface area (Å²) in [5.74, 6) is -1.25. The summed E-state index contributed by atoms with van der Waals surface area (Å²) in [6.07, 6.45) is 3.18. The van der Waals surface area contributed by atoms with E-state index in [4.69, 9.17) is 0 Å². The lowest BCUT2D eigenvalue weighted by atomic mass is 9.81. The Kier molecular flexibility index (Phi) is 4.65. The zero-order valence-corrected chi connectivity index (χ0v) is 16.5. The highest BCUT2D eigenvalue weighted by Crippen LogP contribution is 2.56.